The number of nitrogens with zero attached hydrogens (tertiary/aromatic N) is 2. The third-order valence-corrected chi connectivity index (χ3v) is 3.99. The number of rotatable bonds is 2. The Labute approximate surface area is 110 Å². The molecule has 9 heteroatoms. The molecule has 18 heavy (non-hydrogen) atoms. The molecule has 0 saturated carbocycles. The van der Waals surface area contributed by atoms with Crippen molar-refractivity contribution in [3.8, 4) is 0 Å². The van der Waals surface area contributed by atoms with Crippen LogP contribution in [0.3, 0.4) is 0 Å². The summed E-state index contributed by atoms with van der Waals surface area (Å²) in [4.78, 5) is 0.569. The topological polar surface area (TPSA) is 117 Å². The van der Waals surface area contributed by atoms with Gasteiger partial charge >= 0.3 is 11.8 Å². The fourth-order valence-electron chi connectivity index (χ4n) is 2.00. The van der Waals surface area contributed by atoms with Gasteiger partial charge < -0.3 is 30.3 Å². The summed E-state index contributed by atoms with van der Waals surface area (Å²) in [6, 6.07) is -0.677. The summed E-state index contributed by atoms with van der Waals surface area (Å²) in [5.41, 5.74) is 0. The van der Waals surface area contributed by atoms with E-state index in [1.165, 1.54) is 20.9 Å². The highest BCUT2D eigenvalue weighted by atomic mass is 32.2. The molecule has 108 valence electrons. The number of hydrogen-bond acceptors (Lipinski definition) is 9. The molecule has 0 amide bonds. The van der Waals surface area contributed by atoms with Gasteiger partial charge in [-0.2, -0.15) is 9.21 Å². The van der Waals surface area contributed by atoms with Crippen molar-refractivity contribution in [2.75, 3.05) is 19.9 Å². The average molecular weight is 284 g/mol. The van der Waals surface area contributed by atoms with Crippen LogP contribution in [0, 0.1) is 0 Å². The Morgan fingerprint density at radius 1 is 1.17 bits per heavy atom. The van der Waals surface area contributed by atoms with Gasteiger partial charge in [-0.15, -0.1) is 0 Å². The minimum absolute atomic E-state index is 0.295. The zero-order chi connectivity index (χ0) is 14.4. The molecule has 1 aliphatic rings. The van der Waals surface area contributed by atoms with Gasteiger partial charge in [0.2, 0.25) is 5.91 Å². The highest BCUT2D eigenvalue weighted by Gasteiger charge is 2.64. The van der Waals surface area contributed by atoms with Crippen LogP contribution in [0.25, 0.3) is 0 Å². The number of ether oxygens (including phenoxy) is 1. The fraction of sp³-hybridized carbons (Fsp3) is 1.00. The number of methoxy groups -OCH3 is 1. The van der Waals surface area contributed by atoms with E-state index >= 15 is 0 Å². The van der Waals surface area contributed by atoms with Gasteiger partial charge in [0, 0.05) is 20.2 Å². The van der Waals surface area contributed by atoms with Crippen LogP contribution in [-0.2, 0) is 4.74 Å². The van der Waals surface area contributed by atoms with E-state index < -0.39 is 23.8 Å². The van der Waals surface area contributed by atoms with Crippen molar-refractivity contribution in [2.24, 2.45) is 0 Å². The molecular formula is C9H20N2O6S. The van der Waals surface area contributed by atoms with Crippen LogP contribution in [0.2, 0.25) is 0 Å². The summed E-state index contributed by atoms with van der Waals surface area (Å²) < 4.78 is 5.77. The van der Waals surface area contributed by atoms with Gasteiger partial charge in [-0.25, -0.2) is 0 Å². The number of hydrogen-bond donors (Lipinski definition) is 5. The van der Waals surface area contributed by atoms with Crippen molar-refractivity contribution < 1.29 is 30.3 Å². The van der Waals surface area contributed by atoms with Crippen molar-refractivity contribution in [1.82, 2.24) is 9.21 Å². The van der Waals surface area contributed by atoms with E-state index in [9.17, 15) is 25.5 Å². The predicted octanol–water partition coefficient (Wildman–Crippen LogP) is -2.14. The van der Waals surface area contributed by atoms with Crippen molar-refractivity contribution in [2.45, 2.75) is 37.6 Å². The van der Waals surface area contributed by atoms with Gasteiger partial charge in [-0.05, 0) is 13.8 Å². The molecule has 0 aromatic heterocycles. The van der Waals surface area contributed by atoms with Crippen molar-refractivity contribution >= 4 is 11.9 Å². The Hall–Kier alpha value is 0.0300. The molecule has 1 heterocycles. The molecule has 1 saturated heterocycles. The third-order valence-electron chi connectivity index (χ3n) is 2.84. The Balaban J connectivity index is 3.36. The molecule has 5 N–H and O–H groups in total. The van der Waals surface area contributed by atoms with Crippen molar-refractivity contribution in [3.63, 3.8) is 0 Å². The highest BCUT2D eigenvalue weighted by molar-refractivity contribution is 7.97. The van der Waals surface area contributed by atoms with Gasteiger partial charge in [0.15, 0.2) is 0 Å². The Morgan fingerprint density at radius 3 is 2.06 bits per heavy atom. The fourth-order valence-corrected chi connectivity index (χ4v) is 2.88. The molecule has 0 unspecified atom stereocenters. The van der Waals surface area contributed by atoms with E-state index in [1.807, 2.05) is 0 Å². The van der Waals surface area contributed by atoms with Crippen LogP contribution in [-0.4, -0.2) is 78.4 Å². The first-order valence-corrected chi connectivity index (χ1v) is 6.28. The van der Waals surface area contributed by atoms with Crippen LogP contribution < -0.4 is 0 Å². The Bertz CT molecular complexity index is 313. The van der Waals surface area contributed by atoms with E-state index in [1.54, 1.807) is 0 Å². The molecule has 0 aliphatic carbocycles. The second-order valence-corrected chi connectivity index (χ2v) is 5.55. The Morgan fingerprint density at radius 2 is 1.67 bits per heavy atom. The quantitative estimate of drug-likeness (QED) is 0.286. The number of aliphatic hydroxyl groups is 5. The van der Waals surface area contributed by atoms with Crippen LogP contribution in [0.1, 0.15) is 13.8 Å². The smallest absolute Gasteiger partial charge is 0.309 e. The van der Waals surface area contributed by atoms with E-state index in [4.69, 9.17) is 4.74 Å². The molecular weight excluding hydrogens is 264 g/mol. The molecule has 0 aromatic rings. The predicted molar refractivity (Wildman–Crippen MR) is 63.5 cm³/mol. The molecule has 1 aliphatic heterocycles. The van der Waals surface area contributed by atoms with Crippen LogP contribution in [0.4, 0.5) is 0 Å². The third kappa shape index (κ3) is 2.26. The first-order valence-electron chi connectivity index (χ1n) is 5.34. The van der Waals surface area contributed by atoms with E-state index in [2.05, 4.69) is 0 Å². The molecule has 0 aromatic carbocycles. The standard InChI is InChI=1S/C9H20N2O6S/c1-6(2)11-7(12,13)5-18-10(3)9(16,17-4)8(11,14)15/h6,12-16H,5H2,1-4H3/t9-/m0/s1. The summed E-state index contributed by atoms with van der Waals surface area (Å²) in [5.74, 6) is -8.34. The largest absolute Gasteiger partial charge is 0.352 e. The molecule has 1 atom stereocenters. The van der Waals surface area contributed by atoms with Crippen LogP contribution in [0.5, 0.6) is 0 Å². The Kier molecular flexibility index (Phi) is 4.34. The van der Waals surface area contributed by atoms with Gasteiger partial charge in [0.05, 0.1) is 5.75 Å². The maximum absolute atomic E-state index is 10.2. The highest BCUT2D eigenvalue weighted by Crippen LogP contribution is 2.40. The zero-order valence-electron chi connectivity index (χ0n) is 10.7. The summed E-state index contributed by atoms with van der Waals surface area (Å²) in [5, 5.41) is 50.3. The average Bonchev–Trinajstić information content (AvgIpc) is 2.26. The van der Waals surface area contributed by atoms with E-state index in [0.29, 0.717) is 4.90 Å². The van der Waals surface area contributed by atoms with Crippen molar-refractivity contribution in [3.05, 3.63) is 0 Å². The minimum Gasteiger partial charge on any atom is -0.352 e. The first kappa shape index (κ1) is 16.1. The van der Waals surface area contributed by atoms with Gasteiger partial charge in [0.25, 0.3) is 0 Å². The van der Waals surface area contributed by atoms with E-state index in [0.717, 1.165) is 23.4 Å². The minimum atomic E-state index is -3.02. The lowest BCUT2D eigenvalue weighted by molar-refractivity contribution is -0.485. The molecule has 0 bridgehead atoms. The normalized spacial score (nSPS) is 33.7. The maximum atomic E-state index is 10.2. The van der Waals surface area contributed by atoms with E-state index in [-0.39, 0.29) is 5.75 Å². The lowest BCUT2D eigenvalue weighted by atomic mass is 10.2. The lowest BCUT2D eigenvalue weighted by Gasteiger charge is -2.48. The summed E-state index contributed by atoms with van der Waals surface area (Å²) in [7, 11) is 2.42. The second-order valence-electron chi connectivity index (χ2n) is 4.46. The lowest BCUT2D eigenvalue weighted by Crippen LogP contribution is -2.74. The summed E-state index contributed by atoms with van der Waals surface area (Å²) in [6.07, 6.45) is 0. The molecule has 0 radical (unpaired) electrons. The van der Waals surface area contributed by atoms with Gasteiger partial charge in [-0.3, -0.25) is 0 Å². The summed E-state index contributed by atoms with van der Waals surface area (Å²) in [6.45, 7) is 3.04. The number of likely N-dealkylation sites (N-methyl/N-ethyl adjacent to an activating group) is 1. The van der Waals surface area contributed by atoms with Gasteiger partial charge in [-0.1, -0.05) is 11.9 Å². The molecule has 0 spiro atoms. The second kappa shape index (κ2) is 4.85. The van der Waals surface area contributed by atoms with Crippen molar-refractivity contribution in [1.29, 1.82) is 0 Å². The van der Waals surface area contributed by atoms with Gasteiger partial charge in [0.1, 0.15) is 0 Å². The first-order chi connectivity index (χ1) is 8.00. The SMILES string of the molecule is CO[C@]1(O)N(C)SCC(O)(O)N(C(C)C)C1(O)O. The molecule has 1 fully saturated rings. The maximum Gasteiger partial charge on any atom is 0.309 e. The molecule has 1 rings (SSSR count). The van der Waals surface area contributed by atoms with Crippen LogP contribution >= 0.6 is 11.9 Å². The monoisotopic (exact) mass is 284 g/mol. The summed E-state index contributed by atoms with van der Waals surface area (Å²) >= 11 is 0.797. The van der Waals surface area contributed by atoms with Crippen LogP contribution in [0.15, 0.2) is 0 Å². The zero-order valence-corrected chi connectivity index (χ0v) is 11.5. The molecule has 8 nitrogen and oxygen atoms in total.